The molecule has 1 amide bonds. The maximum Gasteiger partial charge on any atom is 0.250 e. The number of para-hydroxylation sites is 1. The minimum atomic E-state index is -0.212. The van der Waals surface area contributed by atoms with E-state index in [1.165, 1.54) is 23.1 Å². The fourth-order valence-electron chi connectivity index (χ4n) is 2.25. The minimum Gasteiger partial charge on any atom is -0.493 e. The molecule has 3 rings (SSSR count). The molecule has 1 heterocycles. The van der Waals surface area contributed by atoms with Gasteiger partial charge in [-0.25, -0.2) is 5.43 Å². The van der Waals surface area contributed by atoms with E-state index in [2.05, 4.69) is 20.7 Å². The lowest BCUT2D eigenvalue weighted by Crippen LogP contribution is -2.19. The molecular formula is C20H19ClN4O2S3. The second-order valence-corrected chi connectivity index (χ2v) is 9.66. The van der Waals surface area contributed by atoms with Crippen molar-refractivity contribution in [1.29, 1.82) is 0 Å². The molecule has 0 aliphatic carbocycles. The number of halogens is 1. The van der Waals surface area contributed by atoms with E-state index >= 15 is 0 Å². The average molecular weight is 479 g/mol. The quantitative estimate of drug-likeness (QED) is 0.247. The van der Waals surface area contributed by atoms with Gasteiger partial charge in [-0.2, -0.15) is 5.10 Å². The number of rotatable bonds is 10. The lowest BCUT2D eigenvalue weighted by atomic mass is 10.2. The van der Waals surface area contributed by atoms with Gasteiger partial charge in [0.05, 0.1) is 18.6 Å². The van der Waals surface area contributed by atoms with Crippen LogP contribution in [0.2, 0.25) is 5.02 Å². The molecule has 10 heteroatoms. The second-order valence-electron chi connectivity index (χ2n) is 5.80. The summed E-state index contributed by atoms with van der Waals surface area (Å²) >= 11 is 10.3. The molecule has 0 atom stereocenters. The van der Waals surface area contributed by atoms with Gasteiger partial charge in [0.2, 0.25) is 0 Å². The third kappa shape index (κ3) is 7.32. The van der Waals surface area contributed by atoms with E-state index in [0.29, 0.717) is 6.61 Å². The molecule has 0 bridgehead atoms. The largest absolute Gasteiger partial charge is 0.493 e. The highest BCUT2D eigenvalue weighted by Gasteiger charge is 2.09. The summed E-state index contributed by atoms with van der Waals surface area (Å²) in [5, 5.41) is 13.0. The maximum atomic E-state index is 12.0. The van der Waals surface area contributed by atoms with Crippen molar-refractivity contribution < 1.29 is 9.53 Å². The van der Waals surface area contributed by atoms with Gasteiger partial charge < -0.3 is 4.74 Å². The van der Waals surface area contributed by atoms with Crippen LogP contribution < -0.4 is 10.2 Å². The fraction of sp³-hybridized carbons (Fsp3) is 0.200. The van der Waals surface area contributed by atoms with Crippen molar-refractivity contribution in [1.82, 2.24) is 15.6 Å². The molecule has 0 fully saturated rings. The number of carbonyl (C=O) groups is 1. The van der Waals surface area contributed by atoms with Gasteiger partial charge >= 0.3 is 0 Å². The molecule has 3 aromatic rings. The van der Waals surface area contributed by atoms with Gasteiger partial charge in [0.1, 0.15) is 5.75 Å². The number of hydrogen-bond acceptors (Lipinski definition) is 8. The second kappa shape index (κ2) is 11.9. The molecule has 156 valence electrons. The van der Waals surface area contributed by atoms with Crippen LogP contribution in [-0.4, -0.2) is 34.7 Å². The van der Waals surface area contributed by atoms with Gasteiger partial charge in [-0.1, -0.05) is 70.7 Å². The van der Waals surface area contributed by atoms with Crippen molar-refractivity contribution in [3.8, 4) is 5.75 Å². The van der Waals surface area contributed by atoms with Crippen molar-refractivity contribution in [2.24, 2.45) is 5.10 Å². The fourth-order valence-corrected chi connectivity index (χ4v) is 5.14. The van der Waals surface area contributed by atoms with Crippen molar-refractivity contribution in [2.45, 2.75) is 21.4 Å². The minimum absolute atomic E-state index is 0.209. The number of amides is 1. The lowest BCUT2D eigenvalue weighted by Gasteiger charge is -2.05. The molecule has 1 N–H and O–H groups in total. The summed E-state index contributed by atoms with van der Waals surface area (Å²) in [6, 6.07) is 15.2. The van der Waals surface area contributed by atoms with E-state index < -0.39 is 0 Å². The molecule has 0 radical (unpaired) electrons. The van der Waals surface area contributed by atoms with Crippen LogP contribution in [0.1, 0.15) is 18.1 Å². The first kappa shape index (κ1) is 22.6. The number of ether oxygens (including phenoxy) is 1. The normalized spacial score (nSPS) is 11.0. The van der Waals surface area contributed by atoms with Crippen LogP contribution in [0.25, 0.3) is 0 Å². The topological polar surface area (TPSA) is 76.5 Å². The Labute approximate surface area is 192 Å². The number of nitrogens with one attached hydrogen (secondary N) is 1. The summed E-state index contributed by atoms with van der Waals surface area (Å²) in [6.45, 7) is 2.48. The van der Waals surface area contributed by atoms with Crippen molar-refractivity contribution in [2.75, 3.05) is 12.4 Å². The predicted octanol–water partition coefficient (Wildman–Crippen LogP) is 5.12. The predicted molar refractivity (Wildman–Crippen MR) is 125 cm³/mol. The van der Waals surface area contributed by atoms with Gasteiger partial charge in [0.25, 0.3) is 5.91 Å². The highest BCUT2D eigenvalue weighted by atomic mass is 35.5. The van der Waals surface area contributed by atoms with E-state index in [4.69, 9.17) is 16.3 Å². The zero-order valence-electron chi connectivity index (χ0n) is 16.1. The summed E-state index contributed by atoms with van der Waals surface area (Å²) in [7, 11) is 0. The van der Waals surface area contributed by atoms with Crippen LogP contribution >= 0.6 is 46.5 Å². The number of thioether (sulfide) groups is 2. The van der Waals surface area contributed by atoms with Gasteiger partial charge in [-0.3, -0.25) is 4.79 Å². The Balaban J connectivity index is 1.42. The van der Waals surface area contributed by atoms with Crippen molar-refractivity contribution >= 4 is 58.6 Å². The number of aromatic nitrogens is 2. The van der Waals surface area contributed by atoms with E-state index in [-0.39, 0.29) is 11.7 Å². The summed E-state index contributed by atoms with van der Waals surface area (Å²) in [4.78, 5) is 12.0. The maximum absolute atomic E-state index is 12.0. The highest BCUT2D eigenvalue weighted by molar-refractivity contribution is 8.03. The summed E-state index contributed by atoms with van der Waals surface area (Å²) in [5.74, 6) is 1.51. The molecule has 2 aromatic carbocycles. The Kier molecular flexibility index (Phi) is 9.00. The monoisotopic (exact) mass is 478 g/mol. The Bertz CT molecular complexity index is 996. The van der Waals surface area contributed by atoms with Crippen LogP contribution in [-0.2, 0) is 10.5 Å². The van der Waals surface area contributed by atoms with Gasteiger partial charge in [-0.15, -0.1) is 10.2 Å². The van der Waals surface area contributed by atoms with E-state index in [9.17, 15) is 4.79 Å². The number of hydrogen-bond donors (Lipinski definition) is 1. The van der Waals surface area contributed by atoms with Crippen molar-refractivity contribution in [3.63, 3.8) is 0 Å². The van der Waals surface area contributed by atoms with Gasteiger partial charge in [-0.05, 0) is 36.8 Å². The molecule has 6 nitrogen and oxygen atoms in total. The summed E-state index contributed by atoms with van der Waals surface area (Å²) in [5.41, 5.74) is 4.49. The molecule has 30 heavy (non-hydrogen) atoms. The smallest absolute Gasteiger partial charge is 0.250 e. The molecule has 1 aromatic heterocycles. The first-order valence-electron chi connectivity index (χ1n) is 9.01. The number of hydrazone groups is 1. The number of benzene rings is 2. The highest BCUT2D eigenvalue weighted by Crippen LogP contribution is 2.30. The lowest BCUT2D eigenvalue weighted by molar-refractivity contribution is -0.118. The Morgan fingerprint density at radius 2 is 1.90 bits per heavy atom. The van der Waals surface area contributed by atoms with Crippen LogP contribution in [0.4, 0.5) is 0 Å². The zero-order chi connectivity index (χ0) is 21.2. The molecule has 0 unspecified atom stereocenters. The number of nitrogens with zero attached hydrogens (tertiary/aromatic N) is 3. The Hall–Kier alpha value is -2.07. The molecular weight excluding hydrogens is 460 g/mol. The van der Waals surface area contributed by atoms with E-state index in [0.717, 1.165) is 36.3 Å². The van der Waals surface area contributed by atoms with Crippen LogP contribution in [0.3, 0.4) is 0 Å². The van der Waals surface area contributed by atoms with Crippen molar-refractivity contribution in [3.05, 3.63) is 64.7 Å². The van der Waals surface area contributed by atoms with Crippen LogP contribution in [0.15, 0.2) is 62.3 Å². The Morgan fingerprint density at radius 3 is 2.67 bits per heavy atom. The third-order valence-electron chi connectivity index (χ3n) is 3.60. The molecule has 0 aliphatic rings. The van der Waals surface area contributed by atoms with Gasteiger partial charge in [0, 0.05) is 16.3 Å². The average Bonchev–Trinajstić information content (AvgIpc) is 3.21. The number of carbonyl (C=O) groups excluding carboxylic acids is 1. The van der Waals surface area contributed by atoms with E-state index in [1.807, 2.05) is 55.5 Å². The van der Waals surface area contributed by atoms with Crippen LogP contribution in [0, 0.1) is 0 Å². The summed E-state index contributed by atoms with van der Waals surface area (Å²) in [6.07, 6.45) is 1.57. The van der Waals surface area contributed by atoms with Gasteiger partial charge in [0.15, 0.2) is 8.68 Å². The summed E-state index contributed by atoms with van der Waals surface area (Å²) < 4.78 is 7.13. The first-order valence-corrected chi connectivity index (χ1v) is 12.2. The SMILES string of the molecule is CCOc1ccccc1C=NNC(=O)CSc1nnc(SCc2ccc(Cl)cc2)s1. The van der Waals surface area contributed by atoms with E-state index in [1.54, 1.807) is 18.0 Å². The molecule has 0 aliphatic heterocycles. The standard InChI is InChI=1S/C20H19ClN4O2S3/c1-2-27-17-6-4-3-5-15(17)11-22-23-18(26)13-29-20-25-24-19(30-20)28-12-14-7-9-16(21)10-8-14/h3-11H,2,12-13H2,1H3,(H,23,26). The Morgan fingerprint density at radius 1 is 1.17 bits per heavy atom. The zero-order valence-corrected chi connectivity index (χ0v) is 19.3. The third-order valence-corrected chi connectivity index (χ3v) is 7.11. The molecule has 0 saturated heterocycles. The molecule has 0 saturated carbocycles. The van der Waals surface area contributed by atoms with Crippen LogP contribution in [0.5, 0.6) is 5.75 Å². The molecule has 0 spiro atoms. The first-order chi connectivity index (χ1) is 14.6.